The highest BCUT2D eigenvalue weighted by atomic mass is 35.5. The average molecular weight is 293 g/mol. The number of benzene rings is 1. The van der Waals surface area contributed by atoms with Gasteiger partial charge in [0.25, 0.3) is 5.91 Å². The van der Waals surface area contributed by atoms with Crippen molar-refractivity contribution >= 4 is 40.9 Å². The van der Waals surface area contributed by atoms with Crippen LogP contribution in [0.1, 0.15) is 10.4 Å². The fourth-order valence-corrected chi connectivity index (χ4v) is 2.45. The summed E-state index contributed by atoms with van der Waals surface area (Å²) in [7, 11) is 1.83. The lowest BCUT2D eigenvalue weighted by Crippen LogP contribution is -2.30. The Hall–Kier alpha value is -0.420. The maximum atomic E-state index is 11.8. The normalized spacial score (nSPS) is 10.4. The molecule has 3 nitrogen and oxygen atoms in total. The molecule has 0 heterocycles. The molecule has 0 fully saturated rings. The van der Waals surface area contributed by atoms with Crippen molar-refractivity contribution in [2.24, 2.45) is 0 Å². The third kappa shape index (κ3) is 4.07. The summed E-state index contributed by atoms with van der Waals surface area (Å²) in [4.78, 5) is 12.7. The summed E-state index contributed by atoms with van der Waals surface area (Å²) < 4.78 is 0. The number of thioether (sulfide) groups is 1. The van der Waals surface area contributed by atoms with Crippen molar-refractivity contribution in [3.05, 3.63) is 27.7 Å². The number of likely N-dealkylation sites (N-methyl/N-ethyl adjacent to an activating group) is 1. The molecule has 0 aliphatic rings. The van der Waals surface area contributed by atoms with Gasteiger partial charge in [-0.25, -0.2) is 0 Å². The quantitative estimate of drug-likeness (QED) is 0.648. The van der Waals surface area contributed by atoms with Gasteiger partial charge in [0.2, 0.25) is 0 Å². The molecular formula is C11H14Cl2N2OS. The Kier molecular flexibility index (Phi) is 6.12. The van der Waals surface area contributed by atoms with Crippen molar-refractivity contribution in [3.8, 4) is 0 Å². The summed E-state index contributed by atoms with van der Waals surface area (Å²) in [6.07, 6.45) is 1.90. The van der Waals surface area contributed by atoms with E-state index in [9.17, 15) is 4.79 Å². The average Bonchev–Trinajstić information content (AvgIpc) is 2.29. The standard InChI is InChI=1S/C11H14Cl2N2OS/c1-14-3-4-15-11(16)7-5-10(17-2)9(13)6-8(7)12/h5-6,14H,3-4H2,1-2H3,(H,15,16). The Morgan fingerprint density at radius 1 is 1.29 bits per heavy atom. The SMILES string of the molecule is CNCCNC(=O)c1cc(SC)c(Cl)cc1Cl. The van der Waals surface area contributed by atoms with Crippen molar-refractivity contribution in [3.63, 3.8) is 0 Å². The molecule has 1 rings (SSSR count). The lowest BCUT2D eigenvalue weighted by atomic mass is 10.2. The topological polar surface area (TPSA) is 41.1 Å². The van der Waals surface area contributed by atoms with Gasteiger partial charge < -0.3 is 10.6 Å². The Labute approximate surface area is 115 Å². The van der Waals surface area contributed by atoms with Crippen LogP contribution in [0.15, 0.2) is 17.0 Å². The predicted octanol–water partition coefficient (Wildman–Crippen LogP) is 2.66. The molecule has 1 aromatic carbocycles. The zero-order valence-electron chi connectivity index (χ0n) is 9.64. The van der Waals surface area contributed by atoms with Gasteiger partial charge >= 0.3 is 0 Å². The van der Waals surface area contributed by atoms with E-state index in [-0.39, 0.29) is 5.91 Å². The highest BCUT2D eigenvalue weighted by Gasteiger charge is 2.13. The number of nitrogens with one attached hydrogen (secondary N) is 2. The molecule has 0 aliphatic carbocycles. The van der Waals surface area contributed by atoms with Crippen molar-refractivity contribution < 1.29 is 4.79 Å². The minimum Gasteiger partial charge on any atom is -0.351 e. The smallest absolute Gasteiger partial charge is 0.252 e. The number of hydrogen-bond acceptors (Lipinski definition) is 3. The molecule has 0 radical (unpaired) electrons. The third-order valence-corrected chi connectivity index (χ3v) is 3.66. The minimum atomic E-state index is -0.183. The number of rotatable bonds is 5. The van der Waals surface area contributed by atoms with Crippen LogP contribution in [0.3, 0.4) is 0 Å². The van der Waals surface area contributed by atoms with Crippen LogP contribution in [0.2, 0.25) is 10.0 Å². The van der Waals surface area contributed by atoms with Crippen molar-refractivity contribution in [2.45, 2.75) is 4.90 Å². The molecule has 1 amide bonds. The summed E-state index contributed by atoms with van der Waals surface area (Å²) in [5.74, 6) is -0.183. The molecular weight excluding hydrogens is 279 g/mol. The predicted molar refractivity (Wildman–Crippen MR) is 74.5 cm³/mol. The first-order chi connectivity index (χ1) is 8.10. The van der Waals surface area contributed by atoms with E-state index in [1.807, 2.05) is 13.3 Å². The second-order valence-corrected chi connectivity index (χ2v) is 4.99. The first-order valence-electron chi connectivity index (χ1n) is 5.06. The Balaban J connectivity index is 2.85. The monoisotopic (exact) mass is 292 g/mol. The number of carbonyl (C=O) groups excluding carboxylic acids is 1. The highest BCUT2D eigenvalue weighted by molar-refractivity contribution is 7.98. The second kappa shape index (κ2) is 7.11. The van der Waals surface area contributed by atoms with Crippen LogP contribution in [-0.4, -0.2) is 32.3 Å². The largest absolute Gasteiger partial charge is 0.351 e. The van der Waals surface area contributed by atoms with Gasteiger partial charge in [0.15, 0.2) is 0 Å². The Morgan fingerprint density at radius 2 is 2.00 bits per heavy atom. The first-order valence-corrected chi connectivity index (χ1v) is 7.04. The second-order valence-electron chi connectivity index (χ2n) is 3.33. The summed E-state index contributed by atoms with van der Waals surface area (Å²) in [6.45, 7) is 1.27. The molecule has 2 N–H and O–H groups in total. The molecule has 0 spiro atoms. The summed E-state index contributed by atoms with van der Waals surface area (Å²) >= 11 is 13.5. The van der Waals surface area contributed by atoms with Crippen molar-refractivity contribution in [1.29, 1.82) is 0 Å². The molecule has 6 heteroatoms. The zero-order valence-corrected chi connectivity index (χ0v) is 12.0. The highest BCUT2D eigenvalue weighted by Crippen LogP contribution is 2.31. The van der Waals surface area contributed by atoms with Gasteiger partial charge in [-0.05, 0) is 25.4 Å². The van der Waals surface area contributed by atoms with Crippen molar-refractivity contribution in [1.82, 2.24) is 10.6 Å². The fraction of sp³-hybridized carbons (Fsp3) is 0.364. The van der Waals surface area contributed by atoms with E-state index in [2.05, 4.69) is 10.6 Å². The number of amides is 1. The first kappa shape index (κ1) is 14.6. The van der Waals surface area contributed by atoms with E-state index in [4.69, 9.17) is 23.2 Å². The molecule has 0 aromatic heterocycles. The molecule has 0 atom stereocenters. The van der Waals surface area contributed by atoms with E-state index >= 15 is 0 Å². The molecule has 1 aromatic rings. The van der Waals surface area contributed by atoms with Gasteiger partial charge in [0.05, 0.1) is 15.6 Å². The molecule has 0 saturated carbocycles. The minimum absolute atomic E-state index is 0.183. The summed E-state index contributed by atoms with van der Waals surface area (Å²) in [6, 6.07) is 3.31. The maximum absolute atomic E-state index is 11.8. The van der Waals surface area contributed by atoms with Crippen molar-refractivity contribution in [2.75, 3.05) is 26.4 Å². The van der Waals surface area contributed by atoms with Gasteiger partial charge in [-0.1, -0.05) is 23.2 Å². The van der Waals surface area contributed by atoms with Gasteiger partial charge in [0.1, 0.15) is 0 Å². The van der Waals surface area contributed by atoms with Gasteiger partial charge in [-0.3, -0.25) is 4.79 Å². The van der Waals surface area contributed by atoms with E-state index in [1.54, 1.807) is 12.1 Å². The molecule has 17 heavy (non-hydrogen) atoms. The zero-order chi connectivity index (χ0) is 12.8. The van der Waals surface area contributed by atoms with Crippen LogP contribution < -0.4 is 10.6 Å². The molecule has 94 valence electrons. The Morgan fingerprint density at radius 3 is 2.59 bits per heavy atom. The molecule has 0 aliphatic heterocycles. The lowest BCUT2D eigenvalue weighted by molar-refractivity contribution is 0.0954. The van der Waals surface area contributed by atoms with E-state index in [1.165, 1.54) is 11.8 Å². The van der Waals surface area contributed by atoms with E-state index in [0.29, 0.717) is 28.7 Å². The third-order valence-electron chi connectivity index (χ3n) is 2.15. The van der Waals surface area contributed by atoms with Crippen LogP contribution in [0.25, 0.3) is 0 Å². The van der Waals surface area contributed by atoms with Crippen LogP contribution in [0.4, 0.5) is 0 Å². The summed E-state index contributed by atoms with van der Waals surface area (Å²) in [5.41, 5.74) is 0.455. The molecule has 0 saturated heterocycles. The van der Waals surface area contributed by atoms with Crippen LogP contribution >= 0.6 is 35.0 Å². The van der Waals surface area contributed by atoms with Gasteiger partial charge in [-0.2, -0.15) is 0 Å². The number of hydrogen-bond donors (Lipinski definition) is 2. The molecule has 0 bridgehead atoms. The lowest BCUT2D eigenvalue weighted by Gasteiger charge is -2.09. The molecule has 0 unspecified atom stereocenters. The van der Waals surface area contributed by atoms with Crippen LogP contribution in [0.5, 0.6) is 0 Å². The van der Waals surface area contributed by atoms with E-state index < -0.39 is 0 Å². The fourth-order valence-electron chi connectivity index (χ4n) is 1.26. The number of halogens is 2. The van der Waals surface area contributed by atoms with E-state index in [0.717, 1.165) is 4.90 Å². The maximum Gasteiger partial charge on any atom is 0.252 e. The summed E-state index contributed by atoms with van der Waals surface area (Å²) in [5, 5.41) is 6.66. The van der Waals surface area contributed by atoms with Gasteiger partial charge in [0, 0.05) is 18.0 Å². The Bertz CT molecular complexity index is 413. The van der Waals surface area contributed by atoms with Crippen LogP contribution in [-0.2, 0) is 0 Å². The number of carbonyl (C=O) groups is 1. The van der Waals surface area contributed by atoms with Gasteiger partial charge in [-0.15, -0.1) is 11.8 Å². The van der Waals surface area contributed by atoms with Crippen LogP contribution in [0, 0.1) is 0 Å².